The lowest BCUT2D eigenvalue weighted by molar-refractivity contribution is 0.583. The lowest BCUT2D eigenvalue weighted by Gasteiger charge is -2.11. The van der Waals surface area contributed by atoms with Crippen LogP contribution in [0.5, 0.6) is 0 Å². The first kappa shape index (κ1) is 10.9. The summed E-state index contributed by atoms with van der Waals surface area (Å²) in [5.41, 5.74) is 7.57. The van der Waals surface area contributed by atoms with Gasteiger partial charge in [-0.15, -0.1) is 6.58 Å². The van der Waals surface area contributed by atoms with Crippen LogP contribution in [0.4, 0.5) is 4.39 Å². The molecule has 0 radical (unpaired) electrons. The quantitative estimate of drug-likeness (QED) is 0.731. The molecule has 0 saturated heterocycles. The molecule has 0 bridgehead atoms. The van der Waals surface area contributed by atoms with E-state index in [-0.39, 0.29) is 11.9 Å². The van der Waals surface area contributed by atoms with Crippen molar-refractivity contribution in [3.05, 3.63) is 47.8 Å². The summed E-state index contributed by atoms with van der Waals surface area (Å²) in [6, 6.07) is 6.70. The van der Waals surface area contributed by atoms with E-state index in [1.807, 2.05) is 13.0 Å². The zero-order valence-corrected chi connectivity index (χ0v) is 8.46. The van der Waals surface area contributed by atoms with Crippen LogP contribution in [0.15, 0.2) is 36.4 Å². The van der Waals surface area contributed by atoms with E-state index in [9.17, 15) is 4.39 Å². The molecule has 1 aromatic carbocycles. The Bertz CT molecular complexity index is 320. The number of halogens is 1. The van der Waals surface area contributed by atoms with E-state index in [4.69, 9.17) is 5.73 Å². The number of hydrogen-bond acceptors (Lipinski definition) is 1. The molecule has 76 valence electrons. The van der Waals surface area contributed by atoms with Gasteiger partial charge in [0, 0.05) is 6.04 Å². The minimum absolute atomic E-state index is 0.0376. The summed E-state index contributed by atoms with van der Waals surface area (Å²) < 4.78 is 13.2. The van der Waals surface area contributed by atoms with Crippen LogP contribution in [0.3, 0.4) is 0 Å². The topological polar surface area (TPSA) is 26.0 Å². The van der Waals surface area contributed by atoms with Crippen molar-refractivity contribution in [2.45, 2.75) is 25.8 Å². The molecule has 0 saturated carbocycles. The predicted octanol–water partition coefficient (Wildman–Crippen LogP) is 2.66. The van der Waals surface area contributed by atoms with Crippen molar-refractivity contribution in [3.63, 3.8) is 0 Å². The van der Waals surface area contributed by atoms with Crippen LogP contribution in [0, 0.1) is 5.82 Å². The van der Waals surface area contributed by atoms with Crippen LogP contribution in [0.25, 0.3) is 0 Å². The van der Waals surface area contributed by atoms with Gasteiger partial charge in [0.15, 0.2) is 0 Å². The standard InChI is InChI=1S/C12H16FN/c1-9(2)7-11(14)8-10-5-3-4-6-12(10)13/h3-6,11H,1,7-8,14H2,2H3. The van der Waals surface area contributed by atoms with Crippen LogP contribution in [0.2, 0.25) is 0 Å². The van der Waals surface area contributed by atoms with Gasteiger partial charge < -0.3 is 5.73 Å². The lowest BCUT2D eigenvalue weighted by Crippen LogP contribution is -2.23. The molecule has 1 aromatic rings. The van der Waals surface area contributed by atoms with Crippen molar-refractivity contribution in [2.75, 3.05) is 0 Å². The Morgan fingerprint density at radius 1 is 1.50 bits per heavy atom. The largest absolute Gasteiger partial charge is 0.327 e. The van der Waals surface area contributed by atoms with E-state index in [0.717, 1.165) is 12.0 Å². The fraction of sp³-hybridized carbons (Fsp3) is 0.333. The first-order valence-electron chi connectivity index (χ1n) is 4.73. The van der Waals surface area contributed by atoms with E-state index in [2.05, 4.69) is 6.58 Å². The van der Waals surface area contributed by atoms with Crippen molar-refractivity contribution in [1.29, 1.82) is 0 Å². The zero-order chi connectivity index (χ0) is 10.6. The van der Waals surface area contributed by atoms with Crippen LogP contribution < -0.4 is 5.73 Å². The van der Waals surface area contributed by atoms with Crippen molar-refractivity contribution in [3.8, 4) is 0 Å². The van der Waals surface area contributed by atoms with Gasteiger partial charge in [0.1, 0.15) is 5.82 Å². The monoisotopic (exact) mass is 193 g/mol. The second-order valence-electron chi connectivity index (χ2n) is 3.72. The summed E-state index contributed by atoms with van der Waals surface area (Å²) >= 11 is 0. The maximum atomic E-state index is 13.2. The van der Waals surface area contributed by atoms with E-state index < -0.39 is 0 Å². The molecule has 0 aliphatic carbocycles. The van der Waals surface area contributed by atoms with Crippen molar-refractivity contribution in [1.82, 2.24) is 0 Å². The lowest BCUT2D eigenvalue weighted by atomic mass is 10.0. The average molecular weight is 193 g/mol. The van der Waals surface area contributed by atoms with Gasteiger partial charge in [-0.3, -0.25) is 0 Å². The molecule has 1 nitrogen and oxygen atoms in total. The molecule has 2 N–H and O–H groups in total. The average Bonchev–Trinajstić information content (AvgIpc) is 2.07. The highest BCUT2D eigenvalue weighted by Gasteiger charge is 2.07. The number of nitrogens with two attached hydrogens (primary N) is 1. The van der Waals surface area contributed by atoms with Gasteiger partial charge in [0.05, 0.1) is 0 Å². The van der Waals surface area contributed by atoms with Gasteiger partial charge in [-0.1, -0.05) is 23.8 Å². The molecule has 0 aromatic heterocycles. The third kappa shape index (κ3) is 3.30. The Kier molecular flexibility index (Phi) is 3.84. The molecular formula is C12H16FN. The Labute approximate surface area is 84.4 Å². The fourth-order valence-corrected chi connectivity index (χ4v) is 1.47. The minimum atomic E-state index is -0.176. The van der Waals surface area contributed by atoms with E-state index in [1.54, 1.807) is 12.1 Å². The summed E-state index contributed by atoms with van der Waals surface area (Å²) in [5.74, 6) is -0.176. The molecule has 1 rings (SSSR count). The molecule has 0 fully saturated rings. The maximum absolute atomic E-state index is 13.2. The predicted molar refractivity (Wildman–Crippen MR) is 57.5 cm³/mol. The zero-order valence-electron chi connectivity index (χ0n) is 8.46. The fourth-order valence-electron chi connectivity index (χ4n) is 1.47. The Morgan fingerprint density at radius 3 is 2.71 bits per heavy atom. The van der Waals surface area contributed by atoms with E-state index >= 15 is 0 Å². The summed E-state index contributed by atoms with van der Waals surface area (Å²) in [6.45, 7) is 5.72. The van der Waals surface area contributed by atoms with Gasteiger partial charge >= 0.3 is 0 Å². The molecule has 0 amide bonds. The van der Waals surface area contributed by atoms with E-state index in [0.29, 0.717) is 12.0 Å². The summed E-state index contributed by atoms with van der Waals surface area (Å²) in [7, 11) is 0. The summed E-state index contributed by atoms with van der Waals surface area (Å²) in [4.78, 5) is 0. The molecule has 0 aliphatic heterocycles. The third-order valence-corrected chi connectivity index (χ3v) is 2.05. The molecule has 1 atom stereocenters. The van der Waals surface area contributed by atoms with Crippen LogP contribution >= 0.6 is 0 Å². The Morgan fingerprint density at radius 2 is 2.14 bits per heavy atom. The molecular weight excluding hydrogens is 177 g/mol. The van der Waals surface area contributed by atoms with Crippen LogP contribution in [-0.2, 0) is 6.42 Å². The highest BCUT2D eigenvalue weighted by Crippen LogP contribution is 2.11. The SMILES string of the molecule is C=C(C)CC(N)Cc1ccccc1F. The van der Waals surface area contributed by atoms with Gasteiger partial charge in [-0.2, -0.15) is 0 Å². The smallest absolute Gasteiger partial charge is 0.126 e. The third-order valence-electron chi connectivity index (χ3n) is 2.05. The normalized spacial score (nSPS) is 12.5. The Hall–Kier alpha value is -1.15. The molecule has 14 heavy (non-hydrogen) atoms. The highest BCUT2D eigenvalue weighted by molar-refractivity contribution is 5.18. The number of hydrogen-bond donors (Lipinski definition) is 1. The van der Waals surface area contributed by atoms with Gasteiger partial charge in [-0.05, 0) is 31.4 Å². The maximum Gasteiger partial charge on any atom is 0.126 e. The first-order valence-corrected chi connectivity index (χ1v) is 4.73. The second kappa shape index (κ2) is 4.91. The van der Waals surface area contributed by atoms with Crippen LogP contribution in [0.1, 0.15) is 18.9 Å². The first-order chi connectivity index (χ1) is 6.59. The van der Waals surface area contributed by atoms with Crippen LogP contribution in [-0.4, -0.2) is 6.04 Å². The second-order valence-corrected chi connectivity index (χ2v) is 3.72. The molecule has 2 heteroatoms. The molecule has 0 heterocycles. The summed E-state index contributed by atoms with van der Waals surface area (Å²) in [6.07, 6.45) is 1.31. The highest BCUT2D eigenvalue weighted by atomic mass is 19.1. The molecule has 0 aliphatic rings. The number of benzene rings is 1. The summed E-state index contributed by atoms with van der Waals surface area (Å²) in [5, 5.41) is 0. The van der Waals surface area contributed by atoms with Gasteiger partial charge in [0.25, 0.3) is 0 Å². The van der Waals surface area contributed by atoms with Gasteiger partial charge in [-0.25, -0.2) is 4.39 Å². The Balaban J connectivity index is 2.60. The van der Waals surface area contributed by atoms with Crippen molar-refractivity contribution < 1.29 is 4.39 Å². The van der Waals surface area contributed by atoms with Gasteiger partial charge in [0.2, 0.25) is 0 Å². The molecule has 0 spiro atoms. The van der Waals surface area contributed by atoms with Crippen molar-refractivity contribution in [2.24, 2.45) is 5.73 Å². The number of rotatable bonds is 4. The van der Waals surface area contributed by atoms with E-state index in [1.165, 1.54) is 6.07 Å². The van der Waals surface area contributed by atoms with Crippen molar-refractivity contribution >= 4 is 0 Å². The minimum Gasteiger partial charge on any atom is -0.327 e. The molecule has 1 unspecified atom stereocenters.